The molecule has 1 aromatic carbocycles. The Morgan fingerprint density at radius 2 is 2.00 bits per heavy atom. The molecule has 2 heterocycles. The van der Waals surface area contributed by atoms with Gasteiger partial charge in [0.05, 0.1) is 6.42 Å². The highest BCUT2D eigenvalue weighted by Crippen LogP contribution is 2.20. The van der Waals surface area contributed by atoms with Gasteiger partial charge < -0.3 is 9.80 Å². The fraction of sp³-hybridized carbons (Fsp3) is 0.389. The van der Waals surface area contributed by atoms with Crippen LogP contribution in [0.1, 0.15) is 18.1 Å². The third kappa shape index (κ3) is 3.33. The molecule has 1 fully saturated rings. The maximum Gasteiger partial charge on any atom is 0.227 e. The third-order valence-corrected chi connectivity index (χ3v) is 5.01. The lowest BCUT2D eigenvalue weighted by molar-refractivity contribution is -0.132. The van der Waals surface area contributed by atoms with Crippen LogP contribution in [0.2, 0.25) is 0 Å². The number of aryl methyl sites for hydroxylation is 1. The monoisotopic (exact) mass is 314 g/mol. The fourth-order valence-corrected chi connectivity index (χ4v) is 3.66. The normalized spacial score (nSPS) is 18.5. The fourth-order valence-electron chi connectivity index (χ4n) is 2.99. The summed E-state index contributed by atoms with van der Waals surface area (Å²) in [4.78, 5) is 16.9. The number of piperazine rings is 1. The molecule has 1 aliphatic rings. The first-order valence-corrected chi connectivity index (χ1v) is 8.70. The smallest absolute Gasteiger partial charge is 0.227 e. The quantitative estimate of drug-likeness (QED) is 0.867. The average Bonchev–Trinajstić information content (AvgIpc) is 3.00. The lowest BCUT2D eigenvalue weighted by Crippen LogP contribution is -2.54. The molecule has 22 heavy (non-hydrogen) atoms. The number of hydrogen-bond donors (Lipinski definition) is 0. The summed E-state index contributed by atoms with van der Waals surface area (Å²) < 4.78 is 0. The number of thiophene rings is 1. The van der Waals surface area contributed by atoms with Crippen molar-refractivity contribution < 1.29 is 4.79 Å². The van der Waals surface area contributed by atoms with E-state index in [9.17, 15) is 4.79 Å². The van der Waals surface area contributed by atoms with Gasteiger partial charge in [-0.25, -0.2) is 0 Å². The second-order valence-corrected chi connectivity index (χ2v) is 6.81. The van der Waals surface area contributed by atoms with Gasteiger partial charge in [-0.2, -0.15) is 11.3 Å². The molecule has 0 saturated carbocycles. The van der Waals surface area contributed by atoms with E-state index in [1.807, 2.05) is 16.3 Å². The van der Waals surface area contributed by atoms with Gasteiger partial charge in [0.25, 0.3) is 0 Å². The number of amides is 1. The van der Waals surface area contributed by atoms with Crippen LogP contribution in [0.25, 0.3) is 0 Å². The van der Waals surface area contributed by atoms with Crippen molar-refractivity contribution in [2.45, 2.75) is 26.3 Å². The Bertz CT molecular complexity index is 621. The highest BCUT2D eigenvalue weighted by atomic mass is 32.1. The van der Waals surface area contributed by atoms with Crippen molar-refractivity contribution in [1.29, 1.82) is 0 Å². The molecule has 0 N–H and O–H groups in total. The summed E-state index contributed by atoms with van der Waals surface area (Å²) >= 11 is 1.65. The first kappa shape index (κ1) is 15.1. The molecule has 3 rings (SSSR count). The van der Waals surface area contributed by atoms with E-state index in [2.05, 4.69) is 48.4 Å². The van der Waals surface area contributed by atoms with Gasteiger partial charge in [0.1, 0.15) is 0 Å². The van der Waals surface area contributed by atoms with Crippen LogP contribution in [-0.4, -0.2) is 36.5 Å². The summed E-state index contributed by atoms with van der Waals surface area (Å²) in [6.45, 7) is 6.86. The summed E-state index contributed by atoms with van der Waals surface area (Å²) in [5, 5.41) is 4.09. The number of benzene rings is 1. The molecule has 1 aromatic heterocycles. The molecule has 0 aliphatic carbocycles. The van der Waals surface area contributed by atoms with Gasteiger partial charge in [0.2, 0.25) is 5.91 Å². The van der Waals surface area contributed by atoms with Crippen molar-refractivity contribution in [2.24, 2.45) is 0 Å². The Hall–Kier alpha value is -1.81. The highest BCUT2D eigenvalue weighted by molar-refractivity contribution is 7.08. The zero-order valence-corrected chi connectivity index (χ0v) is 14.0. The summed E-state index contributed by atoms with van der Waals surface area (Å²) in [5.74, 6) is 0.245. The van der Waals surface area contributed by atoms with Gasteiger partial charge in [-0.15, -0.1) is 0 Å². The minimum atomic E-state index is 0.245. The molecule has 116 valence electrons. The predicted molar refractivity (Wildman–Crippen MR) is 92.6 cm³/mol. The van der Waals surface area contributed by atoms with Crippen molar-refractivity contribution >= 4 is 22.9 Å². The number of hydrogen-bond acceptors (Lipinski definition) is 3. The first-order chi connectivity index (χ1) is 10.6. The number of carbonyl (C=O) groups is 1. The van der Waals surface area contributed by atoms with Crippen LogP contribution in [0.4, 0.5) is 5.69 Å². The molecule has 0 unspecified atom stereocenters. The predicted octanol–water partition coefficient (Wildman–Crippen LogP) is 3.34. The van der Waals surface area contributed by atoms with Gasteiger partial charge in [-0.05, 0) is 48.4 Å². The van der Waals surface area contributed by atoms with Crippen LogP contribution in [0, 0.1) is 6.92 Å². The van der Waals surface area contributed by atoms with Gasteiger partial charge in [0, 0.05) is 31.4 Å². The lowest BCUT2D eigenvalue weighted by atomic mass is 10.1. The minimum Gasteiger partial charge on any atom is -0.368 e. The molecule has 2 aromatic rings. The van der Waals surface area contributed by atoms with E-state index in [0.717, 1.165) is 25.2 Å². The molecule has 1 aliphatic heterocycles. The molecular weight excluding hydrogens is 292 g/mol. The second-order valence-electron chi connectivity index (χ2n) is 6.03. The highest BCUT2D eigenvalue weighted by Gasteiger charge is 2.27. The molecule has 1 saturated heterocycles. The van der Waals surface area contributed by atoms with E-state index in [0.29, 0.717) is 6.42 Å². The largest absolute Gasteiger partial charge is 0.368 e. The molecule has 1 amide bonds. The number of nitrogens with zero attached hydrogens (tertiary/aromatic N) is 2. The van der Waals surface area contributed by atoms with Crippen molar-refractivity contribution in [3.8, 4) is 0 Å². The van der Waals surface area contributed by atoms with Crippen LogP contribution < -0.4 is 4.90 Å². The minimum absolute atomic E-state index is 0.245. The third-order valence-electron chi connectivity index (χ3n) is 4.28. The van der Waals surface area contributed by atoms with Crippen molar-refractivity contribution in [3.63, 3.8) is 0 Å². The Kier molecular flexibility index (Phi) is 4.48. The zero-order valence-electron chi connectivity index (χ0n) is 13.2. The summed E-state index contributed by atoms with van der Waals surface area (Å²) in [6, 6.07) is 10.9. The van der Waals surface area contributed by atoms with Crippen LogP contribution >= 0.6 is 11.3 Å². The maximum atomic E-state index is 12.5. The van der Waals surface area contributed by atoms with Gasteiger partial charge >= 0.3 is 0 Å². The molecule has 4 heteroatoms. The summed E-state index contributed by atoms with van der Waals surface area (Å²) in [5.41, 5.74) is 3.66. The van der Waals surface area contributed by atoms with Gasteiger partial charge in [-0.1, -0.05) is 17.7 Å². The van der Waals surface area contributed by atoms with E-state index < -0.39 is 0 Å². The number of anilines is 1. The molecular formula is C18H22N2OS. The maximum absolute atomic E-state index is 12.5. The number of rotatable bonds is 3. The van der Waals surface area contributed by atoms with Gasteiger partial charge in [-0.3, -0.25) is 4.79 Å². The lowest BCUT2D eigenvalue weighted by Gasteiger charge is -2.41. The average molecular weight is 314 g/mol. The summed E-state index contributed by atoms with van der Waals surface area (Å²) in [6.07, 6.45) is 0.526. The van der Waals surface area contributed by atoms with Crippen LogP contribution in [-0.2, 0) is 11.2 Å². The Balaban J connectivity index is 1.62. The first-order valence-electron chi connectivity index (χ1n) is 7.75. The van der Waals surface area contributed by atoms with Crippen molar-refractivity contribution in [3.05, 3.63) is 52.2 Å². The Labute approximate surface area is 136 Å². The standard InChI is InChI=1S/C18H22N2OS/c1-14-3-5-17(6-4-14)19-8-9-20(15(2)12-19)18(21)11-16-7-10-22-13-16/h3-7,10,13,15H,8-9,11-12H2,1-2H3/t15-/m0/s1. The van der Waals surface area contributed by atoms with E-state index in [1.54, 1.807) is 11.3 Å². The molecule has 0 spiro atoms. The molecule has 1 atom stereocenters. The molecule has 3 nitrogen and oxygen atoms in total. The second kappa shape index (κ2) is 6.53. The van der Waals surface area contributed by atoms with Crippen molar-refractivity contribution in [1.82, 2.24) is 4.90 Å². The zero-order chi connectivity index (χ0) is 15.5. The Morgan fingerprint density at radius 3 is 2.64 bits per heavy atom. The van der Waals surface area contributed by atoms with Crippen LogP contribution in [0.3, 0.4) is 0 Å². The van der Waals surface area contributed by atoms with E-state index in [1.165, 1.54) is 11.3 Å². The Morgan fingerprint density at radius 1 is 1.23 bits per heavy atom. The molecule has 0 radical (unpaired) electrons. The molecule has 0 bridgehead atoms. The van der Waals surface area contributed by atoms with Gasteiger partial charge in [0.15, 0.2) is 0 Å². The van der Waals surface area contributed by atoms with E-state index >= 15 is 0 Å². The topological polar surface area (TPSA) is 23.6 Å². The summed E-state index contributed by atoms with van der Waals surface area (Å²) in [7, 11) is 0. The SMILES string of the molecule is Cc1ccc(N2CCN(C(=O)Cc3ccsc3)[C@@H](C)C2)cc1. The van der Waals surface area contributed by atoms with E-state index in [-0.39, 0.29) is 11.9 Å². The van der Waals surface area contributed by atoms with Crippen LogP contribution in [0.5, 0.6) is 0 Å². The van der Waals surface area contributed by atoms with E-state index in [4.69, 9.17) is 0 Å². The van der Waals surface area contributed by atoms with Crippen molar-refractivity contribution in [2.75, 3.05) is 24.5 Å². The van der Waals surface area contributed by atoms with Crippen LogP contribution in [0.15, 0.2) is 41.1 Å². The number of carbonyl (C=O) groups excluding carboxylic acids is 1.